The standard InChI is InChI=1S/C15H14Br2FN/c16-12-3-1-2-10(6-12)7-14(19)8-11-4-5-13(17)9-15(11)18/h1-6,9,14H,7-8,19H2. The summed E-state index contributed by atoms with van der Waals surface area (Å²) in [6.45, 7) is 0. The van der Waals surface area contributed by atoms with Gasteiger partial charge in [-0.3, -0.25) is 0 Å². The van der Waals surface area contributed by atoms with E-state index in [0.29, 0.717) is 12.0 Å². The van der Waals surface area contributed by atoms with E-state index in [-0.39, 0.29) is 11.9 Å². The molecule has 4 heteroatoms. The highest BCUT2D eigenvalue weighted by Crippen LogP contribution is 2.18. The molecule has 1 nitrogen and oxygen atoms in total. The van der Waals surface area contributed by atoms with Crippen LogP contribution in [0.4, 0.5) is 4.39 Å². The van der Waals surface area contributed by atoms with Gasteiger partial charge in [0.1, 0.15) is 5.82 Å². The lowest BCUT2D eigenvalue weighted by atomic mass is 9.99. The molecular formula is C15H14Br2FN. The van der Waals surface area contributed by atoms with Crippen LogP contribution in [0.25, 0.3) is 0 Å². The molecule has 0 bridgehead atoms. The smallest absolute Gasteiger partial charge is 0.127 e. The van der Waals surface area contributed by atoms with Crippen molar-refractivity contribution in [1.29, 1.82) is 0 Å². The van der Waals surface area contributed by atoms with E-state index in [2.05, 4.69) is 31.9 Å². The molecule has 0 amide bonds. The van der Waals surface area contributed by atoms with Crippen molar-refractivity contribution >= 4 is 31.9 Å². The van der Waals surface area contributed by atoms with Crippen LogP contribution in [-0.2, 0) is 12.8 Å². The average molecular weight is 387 g/mol. The van der Waals surface area contributed by atoms with E-state index >= 15 is 0 Å². The maximum atomic E-state index is 13.7. The lowest BCUT2D eigenvalue weighted by molar-refractivity contribution is 0.583. The minimum Gasteiger partial charge on any atom is -0.327 e. The molecule has 0 spiro atoms. The van der Waals surface area contributed by atoms with Crippen molar-refractivity contribution in [3.63, 3.8) is 0 Å². The van der Waals surface area contributed by atoms with Gasteiger partial charge in [0.05, 0.1) is 0 Å². The highest BCUT2D eigenvalue weighted by atomic mass is 79.9. The van der Waals surface area contributed by atoms with Gasteiger partial charge in [-0.1, -0.05) is 50.1 Å². The molecule has 0 saturated heterocycles. The Labute approximate surface area is 129 Å². The normalized spacial score (nSPS) is 12.4. The lowest BCUT2D eigenvalue weighted by Gasteiger charge is -2.13. The second-order valence-corrected chi connectivity index (χ2v) is 6.37. The highest BCUT2D eigenvalue weighted by Gasteiger charge is 2.09. The molecule has 0 radical (unpaired) electrons. The predicted molar refractivity (Wildman–Crippen MR) is 83.6 cm³/mol. The molecule has 0 aliphatic rings. The molecule has 2 rings (SSSR count). The van der Waals surface area contributed by atoms with Crippen molar-refractivity contribution < 1.29 is 4.39 Å². The van der Waals surface area contributed by atoms with Gasteiger partial charge in [-0.05, 0) is 48.2 Å². The second kappa shape index (κ2) is 6.64. The highest BCUT2D eigenvalue weighted by molar-refractivity contribution is 9.10. The Bertz CT molecular complexity index is 572. The largest absolute Gasteiger partial charge is 0.327 e. The predicted octanol–water partition coefficient (Wildman–Crippen LogP) is 4.46. The Morgan fingerprint density at radius 1 is 1.00 bits per heavy atom. The van der Waals surface area contributed by atoms with Gasteiger partial charge < -0.3 is 5.73 Å². The second-order valence-electron chi connectivity index (χ2n) is 4.53. The summed E-state index contributed by atoms with van der Waals surface area (Å²) in [5, 5.41) is 0. The fraction of sp³-hybridized carbons (Fsp3) is 0.200. The molecule has 2 N–H and O–H groups in total. The summed E-state index contributed by atoms with van der Waals surface area (Å²) in [6.07, 6.45) is 1.26. The van der Waals surface area contributed by atoms with Crippen LogP contribution in [0.5, 0.6) is 0 Å². The van der Waals surface area contributed by atoms with Gasteiger partial charge in [0, 0.05) is 15.0 Å². The minimum absolute atomic E-state index is 0.0926. The van der Waals surface area contributed by atoms with Crippen LogP contribution in [0.2, 0.25) is 0 Å². The Morgan fingerprint density at radius 2 is 1.74 bits per heavy atom. The van der Waals surface area contributed by atoms with E-state index in [9.17, 15) is 4.39 Å². The summed E-state index contributed by atoms with van der Waals surface area (Å²) < 4.78 is 15.5. The number of hydrogen-bond donors (Lipinski definition) is 1. The molecule has 0 aliphatic carbocycles. The van der Waals surface area contributed by atoms with Gasteiger partial charge in [-0.15, -0.1) is 0 Å². The van der Waals surface area contributed by atoms with E-state index < -0.39 is 0 Å². The van der Waals surface area contributed by atoms with Crippen molar-refractivity contribution in [3.8, 4) is 0 Å². The summed E-state index contributed by atoms with van der Waals surface area (Å²) in [4.78, 5) is 0. The van der Waals surface area contributed by atoms with Gasteiger partial charge in [-0.25, -0.2) is 4.39 Å². The van der Waals surface area contributed by atoms with Crippen molar-refractivity contribution in [1.82, 2.24) is 0 Å². The maximum absolute atomic E-state index is 13.7. The molecular weight excluding hydrogens is 373 g/mol. The topological polar surface area (TPSA) is 26.0 Å². The molecule has 100 valence electrons. The Balaban J connectivity index is 2.03. The first-order chi connectivity index (χ1) is 9.04. The number of halogens is 3. The van der Waals surface area contributed by atoms with Crippen LogP contribution in [0.15, 0.2) is 51.4 Å². The fourth-order valence-electron chi connectivity index (χ4n) is 2.01. The zero-order valence-electron chi connectivity index (χ0n) is 10.2. The molecule has 2 aromatic carbocycles. The van der Waals surface area contributed by atoms with Crippen molar-refractivity contribution in [2.75, 3.05) is 0 Å². The third-order valence-electron chi connectivity index (χ3n) is 2.88. The van der Waals surface area contributed by atoms with E-state index in [1.165, 1.54) is 6.07 Å². The van der Waals surface area contributed by atoms with Crippen LogP contribution >= 0.6 is 31.9 Å². The van der Waals surface area contributed by atoms with E-state index in [4.69, 9.17) is 5.73 Å². The van der Waals surface area contributed by atoms with E-state index in [1.807, 2.05) is 30.3 Å². The van der Waals surface area contributed by atoms with E-state index in [0.717, 1.165) is 20.9 Å². The zero-order valence-corrected chi connectivity index (χ0v) is 13.4. The first kappa shape index (κ1) is 14.7. The molecule has 0 heterocycles. The first-order valence-corrected chi connectivity index (χ1v) is 7.57. The van der Waals surface area contributed by atoms with Gasteiger partial charge in [0.25, 0.3) is 0 Å². The molecule has 0 fully saturated rings. The van der Waals surface area contributed by atoms with Crippen LogP contribution in [0.1, 0.15) is 11.1 Å². The van der Waals surface area contributed by atoms with Crippen molar-refractivity contribution in [3.05, 3.63) is 68.4 Å². The number of hydrogen-bond acceptors (Lipinski definition) is 1. The van der Waals surface area contributed by atoms with Gasteiger partial charge >= 0.3 is 0 Å². The van der Waals surface area contributed by atoms with Crippen LogP contribution < -0.4 is 5.73 Å². The number of benzene rings is 2. The fourth-order valence-corrected chi connectivity index (χ4v) is 2.79. The quantitative estimate of drug-likeness (QED) is 0.824. The summed E-state index contributed by atoms with van der Waals surface area (Å²) >= 11 is 6.68. The summed E-state index contributed by atoms with van der Waals surface area (Å²) in [5.41, 5.74) is 7.91. The molecule has 1 atom stereocenters. The number of rotatable bonds is 4. The Kier molecular flexibility index (Phi) is 5.13. The maximum Gasteiger partial charge on any atom is 0.127 e. The molecule has 0 aromatic heterocycles. The summed E-state index contributed by atoms with van der Waals surface area (Å²) in [7, 11) is 0. The lowest BCUT2D eigenvalue weighted by Crippen LogP contribution is -2.26. The molecule has 1 unspecified atom stereocenters. The van der Waals surface area contributed by atoms with Crippen molar-refractivity contribution in [2.45, 2.75) is 18.9 Å². The molecule has 2 aromatic rings. The molecule has 0 aliphatic heterocycles. The summed E-state index contributed by atoms with van der Waals surface area (Å²) in [5.74, 6) is -0.209. The monoisotopic (exact) mass is 385 g/mol. The molecule has 19 heavy (non-hydrogen) atoms. The van der Waals surface area contributed by atoms with Gasteiger partial charge in [0.15, 0.2) is 0 Å². The van der Waals surface area contributed by atoms with Crippen LogP contribution in [0.3, 0.4) is 0 Å². The Hall–Kier alpha value is -0.710. The number of nitrogens with two attached hydrogens (primary N) is 1. The van der Waals surface area contributed by atoms with Crippen molar-refractivity contribution in [2.24, 2.45) is 5.73 Å². The third-order valence-corrected chi connectivity index (χ3v) is 3.87. The average Bonchev–Trinajstić information content (AvgIpc) is 2.33. The molecule has 0 saturated carbocycles. The van der Waals surface area contributed by atoms with Crippen LogP contribution in [0, 0.1) is 5.82 Å². The minimum atomic E-state index is -0.209. The van der Waals surface area contributed by atoms with E-state index in [1.54, 1.807) is 6.07 Å². The van der Waals surface area contributed by atoms with Crippen LogP contribution in [-0.4, -0.2) is 6.04 Å². The first-order valence-electron chi connectivity index (χ1n) is 5.98. The SMILES string of the molecule is NC(Cc1cccc(Br)c1)Cc1ccc(Br)cc1F. The summed E-state index contributed by atoms with van der Waals surface area (Å²) in [6, 6.07) is 13.0. The van der Waals surface area contributed by atoms with Gasteiger partial charge in [-0.2, -0.15) is 0 Å². The van der Waals surface area contributed by atoms with Gasteiger partial charge in [0.2, 0.25) is 0 Å². The third kappa shape index (κ3) is 4.41. The Morgan fingerprint density at radius 3 is 2.42 bits per heavy atom. The zero-order chi connectivity index (χ0) is 13.8.